The summed E-state index contributed by atoms with van der Waals surface area (Å²) in [7, 11) is 2.99. The molecule has 0 N–H and O–H groups in total. The molecule has 6 heteroatoms. The Morgan fingerprint density at radius 3 is 2.56 bits per heavy atom. The number of carbonyl (C=O) groups is 1. The zero-order valence-electron chi connectivity index (χ0n) is 11.1. The van der Waals surface area contributed by atoms with Gasteiger partial charge in [-0.1, -0.05) is 6.92 Å². The summed E-state index contributed by atoms with van der Waals surface area (Å²) in [6.07, 6.45) is 1.61. The summed E-state index contributed by atoms with van der Waals surface area (Å²) in [5.74, 6) is -0.629. The van der Waals surface area contributed by atoms with Gasteiger partial charge < -0.3 is 9.30 Å². The zero-order chi connectivity index (χ0) is 13.9. The lowest BCUT2D eigenvalue weighted by molar-refractivity contribution is -0.143. The standard InChI is InChI=1S/C12H18N2O4/c1-5-18-10(15)6-8(2)9-7-13(3)12(17)14(4)11(9)16/h7-8H,5-6H2,1-4H3/t8-/m0/s1. The number of nitrogens with zero attached hydrogens (tertiary/aromatic N) is 2. The van der Waals surface area contributed by atoms with E-state index < -0.39 is 0 Å². The van der Waals surface area contributed by atoms with Crippen LogP contribution in [-0.4, -0.2) is 21.7 Å². The van der Waals surface area contributed by atoms with Crippen molar-refractivity contribution in [1.82, 2.24) is 9.13 Å². The molecular formula is C12H18N2O4. The van der Waals surface area contributed by atoms with Crippen LogP contribution >= 0.6 is 0 Å². The minimum Gasteiger partial charge on any atom is -0.466 e. The number of hydrogen-bond donors (Lipinski definition) is 0. The summed E-state index contributed by atoms with van der Waals surface area (Å²) in [4.78, 5) is 34.8. The summed E-state index contributed by atoms with van der Waals surface area (Å²) in [6.45, 7) is 3.81. The van der Waals surface area contributed by atoms with Gasteiger partial charge >= 0.3 is 11.7 Å². The smallest absolute Gasteiger partial charge is 0.330 e. The molecule has 0 aliphatic carbocycles. The highest BCUT2D eigenvalue weighted by Gasteiger charge is 2.17. The third kappa shape index (κ3) is 2.88. The fraction of sp³-hybridized carbons (Fsp3) is 0.583. The van der Waals surface area contributed by atoms with Gasteiger partial charge in [0.25, 0.3) is 5.56 Å². The summed E-state index contributed by atoms with van der Waals surface area (Å²) in [5.41, 5.74) is -0.311. The molecule has 0 bridgehead atoms. The van der Waals surface area contributed by atoms with Crippen LogP contribution in [0.1, 0.15) is 31.7 Å². The first-order valence-corrected chi connectivity index (χ1v) is 5.80. The first-order chi connectivity index (χ1) is 8.38. The van der Waals surface area contributed by atoms with Crippen molar-refractivity contribution in [3.05, 3.63) is 32.6 Å². The minimum absolute atomic E-state index is 0.126. The van der Waals surface area contributed by atoms with Gasteiger partial charge in [-0.15, -0.1) is 0 Å². The Hall–Kier alpha value is -1.85. The largest absolute Gasteiger partial charge is 0.466 e. The number of rotatable bonds is 4. The number of aryl methyl sites for hydroxylation is 1. The van der Waals surface area contributed by atoms with Gasteiger partial charge in [0, 0.05) is 25.9 Å². The van der Waals surface area contributed by atoms with Gasteiger partial charge in [-0.3, -0.25) is 14.2 Å². The fourth-order valence-electron chi connectivity index (χ4n) is 1.75. The maximum Gasteiger partial charge on any atom is 0.330 e. The molecule has 0 aliphatic rings. The second-order valence-corrected chi connectivity index (χ2v) is 4.25. The highest BCUT2D eigenvalue weighted by atomic mass is 16.5. The van der Waals surface area contributed by atoms with Crippen LogP contribution in [0.25, 0.3) is 0 Å². The summed E-state index contributed by atoms with van der Waals surface area (Å²) in [6, 6.07) is 0. The number of esters is 1. The van der Waals surface area contributed by atoms with Crippen LogP contribution in [0.2, 0.25) is 0 Å². The average molecular weight is 254 g/mol. The average Bonchev–Trinajstić information content (AvgIpc) is 2.31. The van der Waals surface area contributed by atoms with Crippen molar-refractivity contribution in [3.63, 3.8) is 0 Å². The molecule has 0 saturated heterocycles. The Bertz CT molecular complexity index is 556. The van der Waals surface area contributed by atoms with E-state index in [1.165, 1.54) is 17.8 Å². The van der Waals surface area contributed by atoms with Gasteiger partial charge in [0.2, 0.25) is 0 Å². The quantitative estimate of drug-likeness (QED) is 0.717. The molecule has 1 atom stereocenters. The molecule has 0 spiro atoms. The Labute approximate surface area is 105 Å². The summed E-state index contributed by atoms with van der Waals surface area (Å²) < 4.78 is 7.21. The Kier molecular flexibility index (Phi) is 4.47. The molecule has 0 radical (unpaired) electrons. The van der Waals surface area contributed by atoms with Crippen LogP contribution in [-0.2, 0) is 23.6 Å². The van der Waals surface area contributed by atoms with Crippen molar-refractivity contribution in [2.24, 2.45) is 14.1 Å². The van der Waals surface area contributed by atoms with E-state index in [0.717, 1.165) is 4.57 Å². The molecule has 0 fully saturated rings. The van der Waals surface area contributed by atoms with E-state index >= 15 is 0 Å². The van der Waals surface area contributed by atoms with E-state index in [2.05, 4.69) is 0 Å². The van der Waals surface area contributed by atoms with E-state index in [1.54, 1.807) is 20.9 Å². The fourth-order valence-corrected chi connectivity index (χ4v) is 1.75. The molecule has 0 aliphatic heterocycles. The van der Waals surface area contributed by atoms with Gasteiger partial charge in [-0.2, -0.15) is 0 Å². The van der Waals surface area contributed by atoms with Crippen molar-refractivity contribution in [1.29, 1.82) is 0 Å². The molecule has 0 unspecified atom stereocenters. The molecule has 0 aromatic carbocycles. The lowest BCUT2D eigenvalue weighted by Crippen LogP contribution is -2.39. The highest BCUT2D eigenvalue weighted by molar-refractivity contribution is 5.70. The number of ether oxygens (including phenoxy) is 1. The zero-order valence-corrected chi connectivity index (χ0v) is 11.1. The van der Waals surface area contributed by atoms with E-state index in [0.29, 0.717) is 12.2 Å². The molecule has 0 saturated carbocycles. The minimum atomic E-state index is -0.382. The van der Waals surface area contributed by atoms with Crippen LogP contribution in [0.15, 0.2) is 15.8 Å². The number of carbonyl (C=O) groups excluding carboxylic acids is 1. The molecule has 1 aromatic heterocycles. The lowest BCUT2D eigenvalue weighted by Gasteiger charge is -2.12. The molecular weight excluding hydrogens is 236 g/mol. The topological polar surface area (TPSA) is 70.3 Å². The second-order valence-electron chi connectivity index (χ2n) is 4.25. The molecule has 1 heterocycles. The van der Waals surface area contributed by atoms with Crippen LogP contribution in [0.5, 0.6) is 0 Å². The molecule has 18 heavy (non-hydrogen) atoms. The van der Waals surface area contributed by atoms with Gasteiger partial charge in [0.05, 0.1) is 13.0 Å². The first-order valence-electron chi connectivity index (χ1n) is 5.80. The monoisotopic (exact) mass is 254 g/mol. The van der Waals surface area contributed by atoms with Crippen LogP contribution in [0.4, 0.5) is 0 Å². The van der Waals surface area contributed by atoms with Gasteiger partial charge in [0.1, 0.15) is 0 Å². The number of hydrogen-bond acceptors (Lipinski definition) is 4. The molecule has 6 nitrogen and oxygen atoms in total. The maximum atomic E-state index is 11.9. The highest BCUT2D eigenvalue weighted by Crippen LogP contribution is 2.14. The van der Waals surface area contributed by atoms with Crippen molar-refractivity contribution in [3.8, 4) is 0 Å². The maximum absolute atomic E-state index is 11.9. The van der Waals surface area contributed by atoms with Crippen molar-refractivity contribution >= 4 is 5.97 Å². The Morgan fingerprint density at radius 1 is 1.39 bits per heavy atom. The SMILES string of the molecule is CCOC(=O)C[C@H](C)c1cn(C)c(=O)n(C)c1=O. The Morgan fingerprint density at radius 2 is 2.00 bits per heavy atom. The molecule has 1 rings (SSSR count). The van der Waals surface area contributed by atoms with E-state index in [-0.39, 0.29) is 29.6 Å². The van der Waals surface area contributed by atoms with Crippen molar-refractivity contribution in [2.45, 2.75) is 26.2 Å². The van der Waals surface area contributed by atoms with E-state index in [1.807, 2.05) is 0 Å². The summed E-state index contributed by atoms with van der Waals surface area (Å²) >= 11 is 0. The van der Waals surface area contributed by atoms with Crippen molar-refractivity contribution in [2.75, 3.05) is 6.61 Å². The summed E-state index contributed by atoms with van der Waals surface area (Å²) in [5, 5.41) is 0. The Balaban J connectivity index is 3.07. The second kappa shape index (κ2) is 5.66. The van der Waals surface area contributed by atoms with Crippen LogP contribution < -0.4 is 11.2 Å². The predicted molar refractivity (Wildman–Crippen MR) is 66.6 cm³/mol. The van der Waals surface area contributed by atoms with Crippen LogP contribution in [0.3, 0.4) is 0 Å². The van der Waals surface area contributed by atoms with E-state index in [9.17, 15) is 14.4 Å². The third-order valence-electron chi connectivity index (χ3n) is 2.78. The number of aromatic nitrogens is 2. The third-order valence-corrected chi connectivity index (χ3v) is 2.78. The lowest BCUT2D eigenvalue weighted by atomic mass is 10.0. The van der Waals surface area contributed by atoms with Crippen molar-refractivity contribution < 1.29 is 9.53 Å². The van der Waals surface area contributed by atoms with Gasteiger partial charge in [-0.25, -0.2) is 4.79 Å². The molecule has 0 amide bonds. The predicted octanol–water partition coefficient (Wildman–Crippen LogP) is 0.141. The molecule has 100 valence electrons. The van der Waals surface area contributed by atoms with E-state index in [4.69, 9.17) is 4.74 Å². The van der Waals surface area contributed by atoms with Gasteiger partial charge in [0.15, 0.2) is 0 Å². The van der Waals surface area contributed by atoms with Crippen LogP contribution in [0, 0.1) is 0 Å². The normalized spacial score (nSPS) is 12.2. The molecule has 1 aromatic rings. The first kappa shape index (κ1) is 14.2. The van der Waals surface area contributed by atoms with Gasteiger partial charge in [-0.05, 0) is 12.8 Å².